The third-order valence-electron chi connectivity index (χ3n) is 4.84. The van der Waals surface area contributed by atoms with E-state index in [0.29, 0.717) is 6.04 Å². The fourth-order valence-electron chi connectivity index (χ4n) is 3.37. The average Bonchev–Trinajstić information content (AvgIpc) is 3.32. The van der Waals surface area contributed by atoms with Gasteiger partial charge in [0.25, 0.3) is 0 Å². The molecule has 1 saturated heterocycles. The predicted octanol–water partition coefficient (Wildman–Crippen LogP) is 2.19. The molecule has 116 valence electrons. The molecule has 0 radical (unpaired) electrons. The molecular formula is C17H23N5. The van der Waals surface area contributed by atoms with E-state index in [1.807, 2.05) is 18.5 Å². The molecule has 5 heteroatoms. The Morgan fingerprint density at radius 3 is 2.77 bits per heavy atom. The summed E-state index contributed by atoms with van der Waals surface area (Å²) in [5.74, 6) is 0. The van der Waals surface area contributed by atoms with Gasteiger partial charge in [-0.1, -0.05) is 0 Å². The number of nitrogens with zero attached hydrogens (tertiary/aromatic N) is 3. The molecule has 1 aliphatic heterocycles. The molecule has 0 unspecified atom stereocenters. The Labute approximate surface area is 131 Å². The van der Waals surface area contributed by atoms with Crippen LogP contribution in [0.5, 0.6) is 0 Å². The quantitative estimate of drug-likeness (QED) is 0.888. The van der Waals surface area contributed by atoms with Gasteiger partial charge in [0.15, 0.2) is 0 Å². The summed E-state index contributed by atoms with van der Waals surface area (Å²) in [4.78, 5) is 6.85. The van der Waals surface area contributed by atoms with Crippen molar-refractivity contribution >= 4 is 0 Å². The number of aromatic amines is 1. The summed E-state index contributed by atoms with van der Waals surface area (Å²) in [6.07, 6.45) is 11.0. The van der Waals surface area contributed by atoms with Crippen molar-refractivity contribution in [3.8, 4) is 11.3 Å². The third-order valence-corrected chi connectivity index (χ3v) is 4.84. The molecule has 1 saturated carbocycles. The zero-order chi connectivity index (χ0) is 14.8. The minimum Gasteiger partial charge on any atom is -0.310 e. The average molecular weight is 297 g/mol. The molecule has 0 spiro atoms. The van der Waals surface area contributed by atoms with Crippen LogP contribution >= 0.6 is 0 Å². The molecule has 0 amide bonds. The van der Waals surface area contributed by atoms with E-state index in [2.05, 4.69) is 31.5 Å². The number of likely N-dealkylation sites (tertiary alicyclic amines) is 1. The first-order valence-electron chi connectivity index (χ1n) is 8.30. The van der Waals surface area contributed by atoms with Gasteiger partial charge in [-0.15, -0.1) is 0 Å². The van der Waals surface area contributed by atoms with Crippen molar-refractivity contribution in [2.24, 2.45) is 0 Å². The van der Waals surface area contributed by atoms with Gasteiger partial charge in [-0.25, -0.2) is 0 Å². The van der Waals surface area contributed by atoms with Crippen LogP contribution < -0.4 is 5.32 Å². The number of pyridine rings is 1. The van der Waals surface area contributed by atoms with E-state index in [9.17, 15) is 0 Å². The highest BCUT2D eigenvalue weighted by atomic mass is 15.2. The first-order chi connectivity index (χ1) is 10.9. The van der Waals surface area contributed by atoms with Crippen LogP contribution in [0.3, 0.4) is 0 Å². The van der Waals surface area contributed by atoms with E-state index in [0.717, 1.165) is 23.8 Å². The Bertz CT molecular complexity index is 597. The molecule has 0 bridgehead atoms. The molecule has 5 nitrogen and oxygen atoms in total. The van der Waals surface area contributed by atoms with Gasteiger partial charge in [-0.3, -0.25) is 10.1 Å². The second-order valence-electron chi connectivity index (χ2n) is 6.43. The monoisotopic (exact) mass is 297 g/mol. The summed E-state index contributed by atoms with van der Waals surface area (Å²) in [5.41, 5.74) is 3.40. The summed E-state index contributed by atoms with van der Waals surface area (Å²) in [6.45, 7) is 3.38. The van der Waals surface area contributed by atoms with E-state index in [-0.39, 0.29) is 0 Å². The highest BCUT2D eigenvalue weighted by Gasteiger charge is 2.31. The van der Waals surface area contributed by atoms with Crippen molar-refractivity contribution in [1.82, 2.24) is 25.4 Å². The Kier molecular flexibility index (Phi) is 3.91. The predicted molar refractivity (Wildman–Crippen MR) is 86.3 cm³/mol. The van der Waals surface area contributed by atoms with Crippen molar-refractivity contribution in [3.63, 3.8) is 0 Å². The highest BCUT2D eigenvalue weighted by molar-refractivity contribution is 5.61. The van der Waals surface area contributed by atoms with E-state index in [4.69, 9.17) is 0 Å². The number of H-pyrrole nitrogens is 1. The number of hydrogen-bond acceptors (Lipinski definition) is 4. The molecule has 0 atom stereocenters. The third kappa shape index (κ3) is 3.05. The van der Waals surface area contributed by atoms with Crippen LogP contribution in [-0.2, 0) is 6.54 Å². The van der Waals surface area contributed by atoms with Gasteiger partial charge in [0.1, 0.15) is 0 Å². The number of nitrogens with one attached hydrogen (secondary N) is 2. The van der Waals surface area contributed by atoms with Gasteiger partial charge in [0.2, 0.25) is 0 Å². The fraction of sp³-hybridized carbons (Fsp3) is 0.529. The lowest BCUT2D eigenvalue weighted by molar-refractivity contribution is 0.189. The Balaban J connectivity index is 1.34. The van der Waals surface area contributed by atoms with E-state index < -0.39 is 0 Å². The maximum absolute atomic E-state index is 4.20. The van der Waals surface area contributed by atoms with Gasteiger partial charge in [0.05, 0.1) is 11.9 Å². The number of hydrogen-bond donors (Lipinski definition) is 2. The minimum absolute atomic E-state index is 0.631. The van der Waals surface area contributed by atoms with Crippen LogP contribution in [0.4, 0.5) is 0 Å². The number of aromatic nitrogens is 3. The molecule has 3 heterocycles. The molecule has 22 heavy (non-hydrogen) atoms. The normalized spacial score (nSPS) is 20.4. The Morgan fingerprint density at radius 1 is 1.18 bits per heavy atom. The molecule has 2 aliphatic rings. The summed E-state index contributed by atoms with van der Waals surface area (Å²) in [5, 5.41) is 11.0. The molecule has 4 rings (SSSR count). The van der Waals surface area contributed by atoms with Crippen molar-refractivity contribution in [1.29, 1.82) is 0 Å². The lowest BCUT2D eigenvalue weighted by Crippen LogP contribution is -2.43. The van der Waals surface area contributed by atoms with Crippen molar-refractivity contribution in [3.05, 3.63) is 36.3 Å². The molecule has 2 fully saturated rings. The van der Waals surface area contributed by atoms with Gasteiger partial charge in [-0.05, 0) is 50.9 Å². The largest absolute Gasteiger partial charge is 0.310 e. The maximum Gasteiger partial charge on any atom is 0.0710 e. The summed E-state index contributed by atoms with van der Waals surface area (Å²) < 4.78 is 0. The summed E-state index contributed by atoms with van der Waals surface area (Å²) in [7, 11) is 0. The zero-order valence-corrected chi connectivity index (χ0v) is 12.8. The lowest BCUT2D eigenvalue weighted by atomic mass is 10.0. The van der Waals surface area contributed by atoms with Crippen LogP contribution in [0.15, 0.2) is 30.7 Å². The van der Waals surface area contributed by atoms with Crippen LogP contribution in [0.2, 0.25) is 0 Å². The van der Waals surface area contributed by atoms with E-state index >= 15 is 0 Å². The van der Waals surface area contributed by atoms with Crippen LogP contribution in [0, 0.1) is 0 Å². The standard InChI is InChI=1S/C17H23N5/c1-2-13(10-18-7-1)17-14(12-20-21-17)11-19-15-5-8-22(9-6-15)16-3-4-16/h1-2,7,10,12,15-16,19H,3-6,8-9,11H2,(H,20,21). The molecule has 1 aliphatic carbocycles. The topological polar surface area (TPSA) is 56.8 Å². The van der Waals surface area contributed by atoms with Crippen LogP contribution in [-0.4, -0.2) is 45.3 Å². The smallest absolute Gasteiger partial charge is 0.0710 e. The summed E-state index contributed by atoms with van der Waals surface area (Å²) >= 11 is 0. The molecular weight excluding hydrogens is 274 g/mol. The molecule has 2 aromatic rings. The van der Waals surface area contributed by atoms with E-state index in [1.165, 1.54) is 44.3 Å². The first-order valence-corrected chi connectivity index (χ1v) is 8.30. The fourth-order valence-corrected chi connectivity index (χ4v) is 3.37. The van der Waals surface area contributed by atoms with Crippen LogP contribution in [0.1, 0.15) is 31.2 Å². The molecule has 2 N–H and O–H groups in total. The highest BCUT2D eigenvalue weighted by Crippen LogP contribution is 2.29. The lowest BCUT2D eigenvalue weighted by Gasteiger charge is -2.32. The van der Waals surface area contributed by atoms with Gasteiger partial charge < -0.3 is 10.2 Å². The second-order valence-corrected chi connectivity index (χ2v) is 6.43. The first kappa shape index (κ1) is 13.9. The van der Waals surface area contributed by atoms with Gasteiger partial charge in [0, 0.05) is 42.1 Å². The molecule has 2 aromatic heterocycles. The molecule has 0 aromatic carbocycles. The zero-order valence-electron chi connectivity index (χ0n) is 12.8. The Hall–Kier alpha value is -1.72. The SMILES string of the molecule is c1cncc(-c2[nH]ncc2CNC2CCN(C3CC3)CC2)c1. The maximum atomic E-state index is 4.20. The van der Waals surface area contributed by atoms with Crippen molar-refractivity contribution in [2.75, 3.05) is 13.1 Å². The second kappa shape index (κ2) is 6.18. The number of rotatable bonds is 5. The van der Waals surface area contributed by atoms with Gasteiger partial charge in [-0.2, -0.15) is 5.10 Å². The Morgan fingerprint density at radius 2 is 2.05 bits per heavy atom. The van der Waals surface area contributed by atoms with Crippen LogP contribution in [0.25, 0.3) is 11.3 Å². The minimum atomic E-state index is 0.631. The van der Waals surface area contributed by atoms with Crippen molar-refractivity contribution < 1.29 is 0 Å². The van der Waals surface area contributed by atoms with Crippen molar-refractivity contribution in [2.45, 2.75) is 44.3 Å². The summed E-state index contributed by atoms with van der Waals surface area (Å²) in [6, 6.07) is 5.57. The number of piperidine rings is 1. The van der Waals surface area contributed by atoms with Gasteiger partial charge >= 0.3 is 0 Å². The van der Waals surface area contributed by atoms with E-state index in [1.54, 1.807) is 6.20 Å².